The topological polar surface area (TPSA) is 38.0 Å². The van der Waals surface area contributed by atoms with E-state index in [0.717, 1.165) is 22.3 Å². The predicted molar refractivity (Wildman–Crippen MR) is 78.0 cm³/mol. The second-order valence-corrected chi connectivity index (χ2v) is 5.04. The molecule has 1 aromatic carbocycles. The molecule has 0 aliphatic rings. The molecule has 0 heterocycles. The van der Waals surface area contributed by atoms with Gasteiger partial charge in [0.25, 0.3) is 0 Å². The third-order valence-electron chi connectivity index (χ3n) is 2.34. The molecule has 0 radical (unpaired) electrons. The first-order chi connectivity index (χ1) is 7.65. The minimum Gasteiger partial charge on any atom is -0.389 e. The van der Waals surface area contributed by atoms with Crippen molar-refractivity contribution in [3.63, 3.8) is 0 Å². The highest BCUT2D eigenvalue weighted by molar-refractivity contribution is 9.10. The number of thiocarbonyl (C=S) groups is 1. The minimum atomic E-state index is 0.430. The number of anilines is 1. The van der Waals surface area contributed by atoms with Gasteiger partial charge in [-0.25, -0.2) is 0 Å². The average molecular weight is 301 g/mol. The molecule has 0 aliphatic heterocycles. The molecule has 3 N–H and O–H groups in total. The van der Waals surface area contributed by atoms with E-state index in [1.165, 1.54) is 19.3 Å². The van der Waals surface area contributed by atoms with E-state index in [1.807, 2.05) is 18.2 Å². The Morgan fingerprint density at radius 1 is 1.44 bits per heavy atom. The lowest BCUT2D eigenvalue weighted by molar-refractivity contribution is 0.744. The average Bonchev–Trinajstić information content (AvgIpc) is 2.26. The largest absolute Gasteiger partial charge is 0.389 e. The summed E-state index contributed by atoms with van der Waals surface area (Å²) in [6.45, 7) is 3.16. The Bertz CT molecular complexity index is 366. The summed E-state index contributed by atoms with van der Waals surface area (Å²) in [5, 5.41) is 3.37. The number of benzene rings is 1. The summed E-state index contributed by atoms with van der Waals surface area (Å²) in [4.78, 5) is 0.430. The molecule has 0 saturated carbocycles. The number of hydrogen-bond donors (Lipinski definition) is 2. The first-order valence-corrected chi connectivity index (χ1v) is 6.68. The zero-order chi connectivity index (χ0) is 12.0. The van der Waals surface area contributed by atoms with Crippen LogP contribution in [0.2, 0.25) is 0 Å². The molecule has 0 fully saturated rings. The van der Waals surface area contributed by atoms with Crippen molar-refractivity contribution in [2.75, 3.05) is 11.9 Å². The van der Waals surface area contributed by atoms with Gasteiger partial charge >= 0.3 is 0 Å². The number of nitrogens with one attached hydrogen (secondary N) is 1. The van der Waals surface area contributed by atoms with Gasteiger partial charge in [-0.3, -0.25) is 0 Å². The molecule has 0 bridgehead atoms. The number of rotatable bonds is 6. The number of halogens is 1. The second-order valence-electron chi connectivity index (χ2n) is 3.69. The Morgan fingerprint density at radius 2 is 2.19 bits per heavy atom. The monoisotopic (exact) mass is 300 g/mol. The van der Waals surface area contributed by atoms with Gasteiger partial charge in [0.1, 0.15) is 4.99 Å². The van der Waals surface area contributed by atoms with Gasteiger partial charge in [0.05, 0.1) is 0 Å². The lowest BCUT2D eigenvalue weighted by Gasteiger charge is -2.11. The van der Waals surface area contributed by atoms with E-state index in [0.29, 0.717) is 4.99 Å². The third-order valence-corrected chi connectivity index (χ3v) is 3.06. The van der Waals surface area contributed by atoms with Gasteiger partial charge in [0.15, 0.2) is 0 Å². The fourth-order valence-electron chi connectivity index (χ4n) is 1.47. The molecule has 0 amide bonds. The van der Waals surface area contributed by atoms with Gasteiger partial charge in [-0.1, -0.05) is 47.9 Å². The van der Waals surface area contributed by atoms with Gasteiger partial charge in [-0.05, 0) is 24.6 Å². The summed E-state index contributed by atoms with van der Waals surface area (Å²) < 4.78 is 0.995. The predicted octanol–water partition coefficient (Wildman–Crippen LogP) is 3.69. The van der Waals surface area contributed by atoms with E-state index in [1.54, 1.807) is 0 Å². The molecule has 1 aromatic rings. The van der Waals surface area contributed by atoms with Crippen LogP contribution in [0.4, 0.5) is 5.69 Å². The molecule has 0 spiro atoms. The molecule has 0 saturated heterocycles. The van der Waals surface area contributed by atoms with Crippen LogP contribution < -0.4 is 11.1 Å². The zero-order valence-corrected chi connectivity index (χ0v) is 11.8. The van der Waals surface area contributed by atoms with Crippen molar-refractivity contribution in [1.82, 2.24) is 0 Å². The maximum absolute atomic E-state index is 5.68. The molecule has 2 nitrogen and oxygen atoms in total. The zero-order valence-electron chi connectivity index (χ0n) is 9.42. The molecule has 0 aliphatic carbocycles. The molecule has 0 aromatic heterocycles. The first-order valence-electron chi connectivity index (χ1n) is 5.48. The maximum Gasteiger partial charge on any atom is 0.106 e. The van der Waals surface area contributed by atoms with Crippen LogP contribution in [0, 0.1) is 0 Å². The van der Waals surface area contributed by atoms with Crippen molar-refractivity contribution >= 4 is 38.8 Å². The van der Waals surface area contributed by atoms with Crippen molar-refractivity contribution in [2.45, 2.75) is 26.2 Å². The highest BCUT2D eigenvalue weighted by Crippen LogP contribution is 2.21. The Balaban J connectivity index is 2.67. The summed E-state index contributed by atoms with van der Waals surface area (Å²) in [6.07, 6.45) is 3.64. The third kappa shape index (κ3) is 4.10. The molecule has 4 heteroatoms. The highest BCUT2D eigenvalue weighted by atomic mass is 79.9. The van der Waals surface area contributed by atoms with Crippen molar-refractivity contribution in [1.29, 1.82) is 0 Å². The first kappa shape index (κ1) is 13.5. The Kier molecular flexibility index (Phi) is 5.77. The van der Waals surface area contributed by atoms with E-state index >= 15 is 0 Å². The summed E-state index contributed by atoms with van der Waals surface area (Å²) in [5.74, 6) is 0. The lowest BCUT2D eigenvalue weighted by atomic mass is 10.1. The highest BCUT2D eigenvalue weighted by Gasteiger charge is 2.05. The van der Waals surface area contributed by atoms with Crippen molar-refractivity contribution < 1.29 is 0 Å². The fraction of sp³-hybridized carbons (Fsp3) is 0.417. The van der Waals surface area contributed by atoms with Gasteiger partial charge < -0.3 is 11.1 Å². The molecule has 0 unspecified atom stereocenters. The summed E-state index contributed by atoms with van der Waals surface area (Å²) in [6, 6.07) is 5.94. The van der Waals surface area contributed by atoms with Crippen LogP contribution in [0.3, 0.4) is 0 Å². The molecule has 0 atom stereocenters. The van der Waals surface area contributed by atoms with E-state index < -0.39 is 0 Å². The normalized spacial score (nSPS) is 10.1. The number of hydrogen-bond acceptors (Lipinski definition) is 2. The standard InChI is InChI=1S/C12H17BrN2S/c1-2-3-4-7-15-11-6-5-9(13)8-10(11)12(14)16/h5-6,8,15H,2-4,7H2,1H3,(H2,14,16). The maximum atomic E-state index is 5.68. The minimum absolute atomic E-state index is 0.430. The van der Waals surface area contributed by atoms with E-state index in [9.17, 15) is 0 Å². The Morgan fingerprint density at radius 3 is 2.81 bits per heavy atom. The van der Waals surface area contributed by atoms with E-state index in [2.05, 4.69) is 28.2 Å². The number of unbranched alkanes of at least 4 members (excludes halogenated alkanes) is 2. The molecular formula is C12H17BrN2S. The van der Waals surface area contributed by atoms with Gasteiger partial charge in [-0.2, -0.15) is 0 Å². The molecule has 88 valence electrons. The smallest absolute Gasteiger partial charge is 0.106 e. The van der Waals surface area contributed by atoms with Gasteiger partial charge in [0, 0.05) is 22.3 Å². The second kappa shape index (κ2) is 6.86. The van der Waals surface area contributed by atoms with Crippen molar-refractivity contribution in [3.8, 4) is 0 Å². The van der Waals surface area contributed by atoms with Crippen molar-refractivity contribution in [2.24, 2.45) is 5.73 Å². The quantitative estimate of drug-likeness (QED) is 0.622. The van der Waals surface area contributed by atoms with Crippen LogP contribution in [0.25, 0.3) is 0 Å². The summed E-state index contributed by atoms with van der Waals surface area (Å²) >= 11 is 8.44. The van der Waals surface area contributed by atoms with Crippen molar-refractivity contribution in [3.05, 3.63) is 28.2 Å². The summed E-state index contributed by atoms with van der Waals surface area (Å²) in [7, 11) is 0. The molecular weight excluding hydrogens is 284 g/mol. The SMILES string of the molecule is CCCCCNc1ccc(Br)cc1C(N)=S. The molecule has 1 rings (SSSR count). The number of nitrogens with two attached hydrogens (primary N) is 1. The van der Waals surface area contributed by atoms with Gasteiger partial charge in [-0.15, -0.1) is 0 Å². The summed E-state index contributed by atoms with van der Waals surface area (Å²) in [5.41, 5.74) is 7.61. The van der Waals surface area contributed by atoms with Gasteiger partial charge in [0.2, 0.25) is 0 Å². The van der Waals surface area contributed by atoms with Crippen LogP contribution >= 0.6 is 28.1 Å². The Hall–Kier alpha value is -0.610. The van der Waals surface area contributed by atoms with Crippen LogP contribution in [0.5, 0.6) is 0 Å². The van der Waals surface area contributed by atoms with E-state index in [4.69, 9.17) is 18.0 Å². The van der Waals surface area contributed by atoms with Crippen LogP contribution in [0.1, 0.15) is 31.7 Å². The van der Waals surface area contributed by atoms with Crippen LogP contribution in [-0.2, 0) is 0 Å². The fourth-order valence-corrected chi connectivity index (χ4v) is 2.00. The van der Waals surface area contributed by atoms with Crippen LogP contribution in [-0.4, -0.2) is 11.5 Å². The molecule has 16 heavy (non-hydrogen) atoms. The lowest BCUT2D eigenvalue weighted by Crippen LogP contribution is -2.13. The Labute approximate surface area is 111 Å². The van der Waals surface area contributed by atoms with E-state index in [-0.39, 0.29) is 0 Å². The van der Waals surface area contributed by atoms with Crippen LogP contribution in [0.15, 0.2) is 22.7 Å².